The van der Waals surface area contributed by atoms with Gasteiger partial charge in [0.25, 0.3) is 5.91 Å². The van der Waals surface area contributed by atoms with Gasteiger partial charge in [-0.3, -0.25) is 14.6 Å². The van der Waals surface area contributed by atoms with Crippen LogP contribution in [-0.4, -0.2) is 21.8 Å². The molecule has 2 heterocycles. The smallest absolute Gasteiger partial charge is 0.277 e. The summed E-state index contributed by atoms with van der Waals surface area (Å²) in [6.07, 6.45) is 1.65. The van der Waals surface area contributed by atoms with Crippen LogP contribution in [0.3, 0.4) is 0 Å². The first-order valence-corrected chi connectivity index (χ1v) is 9.54. The van der Waals surface area contributed by atoms with E-state index in [0.717, 1.165) is 22.0 Å². The second kappa shape index (κ2) is 8.62. The van der Waals surface area contributed by atoms with E-state index in [0.29, 0.717) is 22.9 Å². The third-order valence-corrected chi connectivity index (χ3v) is 4.72. The number of aryl methyl sites for hydroxylation is 2. The first-order valence-electron chi connectivity index (χ1n) is 8.72. The standard InChI is InChI=1S/C20H21N5O2S/c1-12-9-17(7-8-21-12)24-19(27)18-20(28-14(3)23-18)25-16-6-4-5-15(10-16)11-22-13(2)26/h4-10,25H,11H2,1-3H3,(H,22,26)(H,21,24,27). The zero-order valence-electron chi connectivity index (χ0n) is 15.9. The average Bonchev–Trinajstić information content (AvgIpc) is 3.00. The molecule has 3 rings (SSSR count). The van der Waals surface area contributed by atoms with Crippen molar-refractivity contribution in [1.82, 2.24) is 15.3 Å². The zero-order chi connectivity index (χ0) is 20.1. The summed E-state index contributed by atoms with van der Waals surface area (Å²) < 4.78 is 0. The number of aromatic nitrogens is 2. The number of thiazole rings is 1. The summed E-state index contributed by atoms with van der Waals surface area (Å²) in [7, 11) is 0. The van der Waals surface area contributed by atoms with Crippen molar-refractivity contribution in [2.75, 3.05) is 10.6 Å². The van der Waals surface area contributed by atoms with Crippen molar-refractivity contribution >= 4 is 39.5 Å². The van der Waals surface area contributed by atoms with Crippen LogP contribution in [0.1, 0.15) is 33.7 Å². The van der Waals surface area contributed by atoms with Crippen molar-refractivity contribution in [2.24, 2.45) is 0 Å². The predicted molar refractivity (Wildman–Crippen MR) is 111 cm³/mol. The van der Waals surface area contributed by atoms with Crippen molar-refractivity contribution in [3.63, 3.8) is 0 Å². The van der Waals surface area contributed by atoms with Gasteiger partial charge in [0.2, 0.25) is 5.91 Å². The molecular formula is C20H21N5O2S. The van der Waals surface area contributed by atoms with E-state index in [1.54, 1.807) is 18.3 Å². The van der Waals surface area contributed by atoms with Gasteiger partial charge in [-0.2, -0.15) is 0 Å². The minimum atomic E-state index is -0.285. The number of amides is 2. The van der Waals surface area contributed by atoms with Crippen LogP contribution in [-0.2, 0) is 11.3 Å². The largest absolute Gasteiger partial charge is 0.352 e. The Morgan fingerprint density at radius 1 is 1.11 bits per heavy atom. The number of pyridine rings is 1. The Bertz CT molecular complexity index is 1020. The lowest BCUT2D eigenvalue weighted by molar-refractivity contribution is -0.119. The lowest BCUT2D eigenvalue weighted by atomic mass is 10.2. The number of anilines is 3. The SMILES string of the molecule is CC(=O)NCc1cccc(Nc2sc(C)nc2C(=O)Nc2ccnc(C)c2)c1. The van der Waals surface area contributed by atoms with E-state index in [1.807, 2.05) is 38.1 Å². The van der Waals surface area contributed by atoms with Crippen molar-refractivity contribution in [3.05, 3.63) is 64.6 Å². The molecule has 7 nitrogen and oxygen atoms in total. The molecule has 0 aliphatic heterocycles. The first-order chi connectivity index (χ1) is 13.4. The molecule has 0 bridgehead atoms. The Kier molecular flexibility index (Phi) is 6.00. The summed E-state index contributed by atoms with van der Waals surface area (Å²) in [6.45, 7) is 5.65. The van der Waals surface area contributed by atoms with E-state index in [1.165, 1.54) is 18.3 Å². The summed E-state index contributed by atoms with van der Waals surface area (Å²) in [5, 5.41) is 10.4. The van der Waals surface area contributed by atoms with E-state index in [2.05, 4.69) is 25.9 Å². The molecule has 0 aliphatic carbocycles. The fourth-order valence-corrected chi connectivity index (χ4v) is 3.43. The highest BCUT2D eigenvalue weighted by Crippen LogP contribution is 2.29. The fourth-order valence-electron chi connectivity index (χ4n) is 2.60. The Hall–Kier alpha value is -3.26. The lowest BCUT2D eigenvalue weighted by Crippen LogP contribution is -2.18. The molecule has 0 unspecified atom stereocenters. The van der Waals surface area contributed by atoms with Gasteiger partial charge in [0.05, 0.1) is 5.01 Å². The van der Waals surface area contributed by atoms with Crippen LogP contribution < -0.4 is 16.0 Å². The molecule has 8 heteroatoms. The van der Waals surface area contributed by atoms with Crippen LogP contribution in [0.15, 0.2) is 42.6 Å². The maximum atomic E-state index is 12.7. The number of hydrogen-bond donors (Lipinski definition) is 3. The molecule has 3 aromatic rings. The molecule has 0 radical (unpaired) electrons. The molecule has 0 aliphatic rings. The molecule has 0 atom stereocenters. The maximum absolute atomic E-state index is 12.7. The van der Waals surface area contributed by atoms with Gasteiger partial charge < -0.3 is 16.0 Å². The average molecular weight is 395 g/mol. The van der Waals surface area contributed by atoms with Crippen LogP contribution >= 0.6 is 11.3 Å². The van der Waals surface area contributed by atoms with Gasteiger partial charge in [0.1, 0.15) is 5.00 Å². The molecule has 28 heavy (non-hydrogen) atoms. The van der Waals surface area contributed by atoms with E-state index < -0.39 is 0 Å². The van der Waals surface area contributed by atoms with Crippen molar-refractivity contribution in [2.45, 2.75) is 27.3 Å². The third-order valence-electron chi connectivity index (χ3n) is 3.83. The maximum Gasteiger partial charge on any atom is 0.277 e. The number of rotatable bonds is 6. The van der Waals surface area contributed by atoms with Gasteiger partial charge in [-0.15, -0.1) is 11.3 Å². The summed E-state index contributed by atoms with van der Waals surface area (Å²) in [5.41, 5.74) is 3.61. The monoisotopic (exact) mass is 395 g/mol. The second-order valence-electron chi connectivity index (χ2n) is 6.29. The highest BCUT2D eigenvalue weighted by molar-refractivity contribution is 7.16. The lowest BCUT2D eigenvalue weighted by Gasteiger charge is -2.09. The zero-order valence-corrected chi connectivity index (χ0v) is 16.7. The Morgan fingerprint density at radius 3 is 2.68 bits per heavy atom. The van der Waals surface area contributed by atoms with Crippen molar-refractivity contribution in [1.29, 1.82) is 0 Å². The van der Waals surface area contributed by atoms with Gasteiger partial charge in [-0.25, -0.2) is 4.98 Å². The summed E-state index contributed by atoms with van der Waals surface area (Å²) in [4.78, 5) is 32.3. The van der Waals surface area contributed by atoms with Gasteiger partial charge in [-0.1, -0.05) is 12.1 Å². The molecule has 0 fully saturated rings. The van der Waals surface area contributed by atoms with Crippen LogP contribution in [0.4, 0.5) is 16.4 Å². The van der Waals surface area contributed by atoms with Crippen LogP contribution in [0.5, 0.6) is 0 Å². The highest BCUT2D eigenvalue weighted by Gasteiger charge is 2.18. The fraction of sp³-hybridized carbons (Fsp3) is 0.200. The van der Waals surface area contributed by atoms with E-state index in [4.69, 9.17) is 0 Å². The summed E-state index contributed by atoms with van der Waals surface area (Å²) in [6, 6.07) is 11.2. The Balaban J connectivity index is 1.78. The van der Waals surface area contributed by atoms with Gasteiger partial charge >= 0.3 is 0 Å². The van der Waals surface area contributed by atoms with E-state index in [9.17, 15) is 9.59 Å². The van der Waals surface area contributed by atoms with Crippen LogP contribution in [0, 0.1) is 13.8 Å². The third kappa shape index (κ3) is 5.14. The number of benzene rings is 1. The second-order valence-corrected chi connectivity index (χ2v) is 7.49. The number of hydrogen-bond acceptors (Lipinski definition) is 6. The minimum absolute atomic E-state index is 0.0817. The first kappa shape index (κ1) is 19.5. The number of carbonyl (C=O) groups excluding carboxylic acids is 2. The normalized spacial score (nSPS) is 10.4. The molecule has 3 N–H and O–H groups in total. The molecule has 0 saturated heterocycles. The Labute approximate surface area is 167 Å². The molecule has 1 aromatic carbocycles. The van der Waals surface area contributed by atoms with Crippen LogP contribution in [0.25, 0.3) is 0 Å². The number of carbonyl (C=O) groups is 2. The van der Waals surface area contributed by atoms with Gasteiger partial charge in [0.15, 0.2) is 5.69 Å². The van der Waals surface area contributed by atoms with Crippen molar-refractivity contribution in [3.8, 4) is 0 Å². The topological polar surface area (TPSA) is 96.0 Å². The molecule has 0 saturated carbocycles. The summed E-state index contributed by atoms with van der Waals surface area (Å²) >= 11 is 1.41. The van der Waals surface area contributed by atoms with E-state index >= 15 is 0 Å². The minimum Gasteiger partial charge on any atom is -0.352 e. The molecule has 2 amide bonds. The summed E-state index contributed by atoms with van der Waals surface area (Å²) in [5.74, 6) is -0.367. The molecule has 2 aromatic heterocycles. The predicted octanol–water partition coefficient (Wildman–Crippen LogP) is 3.79. The van der Waals surface area contributed by atoms with Gasteiger partial charge in [-0.05, 0) is 43.7 Å². The quantitative estimate of drug-likeness (QED) is 0.590. The number of nitrogens with zero attached hydrogens (tertiary/aromatic N) is 2. The van der Waals surface area contributed by atoms with Crippen molar-refractivity contribution < 1.29 is 9.59 Å². The number of nitrogens with one attached hydrogen (secondary N) is 3. The Morgan fingerprint density at radius 2 is 1.93 bits per heavy atom. The highest BCUT2D eigenvalue weighted by atomic mass is 32.1. The molecule has 144 valence electrons. The molecular weight excluding hydrogens is 374 g/mol. The van der Waals surface area contributed by atoms with Crippen LogP contribution in [0.2, 0.25) is 0 Å². The molecule has 0 spiro atoms. The van der Waals surface area contributed by atoms with Gasteiger partial charge in [0, 0.05) is 36.7 Å². The van der Waals surface area contributed by atoms with E-state index in [-0.39, 0.29) is 11.8 Å².